The maximum absolute atomic E-state index is 14.0. The predicted octanol–water partition coefficient (Wildman–Crippen LogP) is 2.17. The summed E-state index contributed by atoms with van der Waals surface area (Å²) in [6.07, 6.45) is 4.95. The van der Waals surface area contributed by atoms with E-state index in [-0.39, 0.29) is 19.0 Å². The number of hydrogen-bond donors (Lipinski definition) is 3. The average Bonchev–Trinajstić information content (AvgIpc) is 3.08. The number of aliphatic hydroxyl groups excluding tert-OH is 1. The molecule has 3 aromatic rings. The second-order valence-electron chi connectivity index (χ2n) is 5.38. The molecule has 26 heavy (non-hydrogen) atoms. The molecule has 0 radical (unpaired) electrons. The predicted molar refractivity (Wildman–Crippen MR) is 94.9 cm³/mol. The summed E-state index contributed by atoms with van der Waals surface area (Å²) in [7, 11) is 1.50. The molecule has 0 amide bonds. The monoisotopic (exact) mass is 358 g/mol. The molecule has 2 aromatic heterocycles. The van der Waals surface area contributed by atoms with Crippen molar-refractivity contribution in [2.45, 2.75) is 13.1 Å². The standard InChI is InChI=1S/C17H19FN6O2/c1-26-15-4-2-3-14(18)13(15)10-20-16-5-6-19-17(23-16)22-12-9-21-24(11-12)7-8-25/h2-6,9,11,25H,7-8,10H2,1H3,(H2,19,20,22,23). The van der Waals surface area contributed by atoms with E-state index in [1.54, 1.807) is 41.5 Å². The zero-order valence-electron chi connectivity index (χ0n) is 14.2. The van der Waals surface area contributed by atoms with Crippen LogP contribution in [0.1, 0.15) is 5.56 Å². The van der Waals surface area contributed by atoms with Gasteiger partial charge in [0.1, 0.15) is 17.4 Å². The number of aromatic nitrogens is 4. The van der Waals surface area contributed by atoms with E-state index < -0.39 is 0 Å². The zero-order valence-corrected chi connectivity index (χ0v) is 14.2. The van der Waals surface area contributed by atoms with Crippen molar-refractivity contribution < 1.29 is 14.2 Å². The van der Waals surface area contributed by atoms with Crippen LogP contribution in [0, 0.1) is 5.82 Å². The quantitative estimate of drug-likeness (QED) is 0.568. The van der Waals surface area contributed by atoms with Gasteiger partial charge in [0.2, 0.25) is 5.95 Å². The smallest absolute Gasteiger partial charge is 0.229 e. The minimum Gasteiger partial charge on any atom is -0.496 e. The summed E-state index contributed by atoms with van der Waals surface area (Å²) < 4.78 is 20.8. The molecule has 0 saturated heterocycles. The Morgan fingerprint density at radius 3 is 3.00 bits per heavy atom. The summed E-state index contributed by atoms with van der Waals surface area (Å²) in [5.41, 5.74) is 1.12. The number of anilines is 3. The molecule has 0 unspecified atom stereocenters. The lowest BCUT2D eigenvalue weighted by Gasteiger charge is -2.11. The first-order valence-corrected chi connectivity index (χ1v) is 7.98. The topological polar surface area (TPSA) is 97.1 Å². The first kappa shape index (κ1) is 17.6. The van der Waals surface area contributed by atoms with Crippen molar-refractivity contribution in [2.24, 2.45) is 0 Å². The Kier molecular flexibility index (Phi) is 5.59. The molecule has 0 bridgehead atoms. The molecular weight excluding hydrogens is 339 g/mol. The van der Waals surface area contributed by atoms with Crippen molar-refractivity contribution in [2.75, 3.05) is 24.4 Å². The molecule has 1 aromatic carbocycles. The summed E-state index contributed by atoms with van der Waals surface area (Å²) in [4.78, 5) is 8.49. The van der Waals surface area contributed by atoms with Gasteiger partial charge in [0.25, 0.3) is 0 Å². The van der Waals surface area contributed by atoms with E-state index in [9.17, 15) is 4.39 Å². The third kappa shape index (κ3) is 4.25. The van der Waals surface area contributed by atoms with Crippen LogP contribution < -0.4 is 15.4 Å². The van der Waals surface area contributed by atoms with E-state index in [2.05, 4.69) is 25.7 Å². The highest BCUT2D eigenvalue weighted by atomic mass is 19.1. The number of rotatable bonds is 8. The molecule has 0 aliphatic carbocycles. The number of halogens is 1. The number of aliphatic hydroxyl groups is 1. The summed E-state index contributed by atoms with van der Waals surface area (Å²) >= 11 is 0. The molecule has 2 heterocycles. The molecule has 0 spiro atoms. The molecule has 3 rings (SSSR count). The highest BCUT2D eigenvalue weighted by Gasteiger charge is 2.09. The maximum Gasteiger partial charge on any atom is 0.229 e. The first-order chi connectivity index (χ1) is 12.7. The molecule has 0 aliphatic heterocycles. The van der Waals surface area contributed by atoms with E-state index in [0.717, 1.165) is 0 Å². The maximum atomic E-state index is 14.0. The number of benzene rings is 1. The Bertz CT molecular complexity index is 870. The van der Waals surface area contributed by atoms with Gasteiger partial charge in [0.05, 0.1) is 32.1 Å². The van der Waals surface area contributed by atoms with Gasteiger partial charge in [-0.3, -0.25) is 4.68 Å². The second-order valence-corrected chi connectivity index (χ2v) is 5.38. The average molecular weight is 358 g/mol. The molecule has 0 atom stereocenters. The van der Waals surface area contributed by atoms with Crippen LogP contribution in [0.4, 0.5) is 21.8 Å². The van der Waals surface area contributed by atoms with Crippen LogP contribution >= 0.6 is 0 Å². The number of hydrogen-bond acceptors (Lipinski definition) is 7. The van der Waals surface area contributed by atoms with Gasteiger partial charge in [-0.15, -0.1) is 0 Å². The van der Waals surface area contributed by atoms with Crippen LogP contribution in [0.25, 0.3) is 0 Å². The highest BCUT2D eigenvalue weighted by molar-refractivity contribution is 5.52. The molecule has 0 aliphatic rings. The third-order valence-corrected chi connectivity index (χ3v) is 3.62. The van der Waals surface area contributed by atoms with Crippen molar-refractivity contribution in [1.82, 2.24) is 19.7 Å². The lowest BCUT2D eigenvalue weighted by Crippen LogP contribution is -2.07. The Labute approximate surface area is 149 Å². The molecule has 3 N–H and O–H groups in total. The van der Waals surface area contributed by atoms with E-state index in [1.807, 2.05) is 0 Å². The fraction of sp³-hybridized carbons (Fsp3) is 0.235. The fourth-order valence-corrected chi connectivity index (χ4v) is 2.38. The summed E-state index contributed by atoms with van der Waals surface area (Å²) in [6.45, 7) is 0.645. The van der Waals surface area contributed by atoms with Crippen LogP contribution in [0.5, 0.6) is 5.75 Å². The largest absolute Gasteiger partial charge is 0.496 e. The SMILES string of the molecule is COc1cccc(F)c1CNc1ccnc(Nc2cnn(CCO)c2)n1. The molecule has 9 heteroatoms. The van der Waals surface area contributed by atoms with Gasteiger partial charge < -0.3 is 20.5 Å². The van der Waals surface area contributed by atoms with Gasteiger partial charge in [-0.05, 0) is 18.2 Å². The van der Waals surface area contributed by atoms with Crippen molar-refractivity contribution in [3.05, 3.63) is 54.2 Å². The fourth-order valence-electron chi connectivity index (χ4n) is 2.38. The number of nitrogens with one attached hydrogen (secondary N) is 2. The minimum atomic E-state index is -0.347. The van der Waals surface area contributed by atoms with E-state index >= 15 is 0 Å². The highest BCUT2D eigenvalue weighted by Crippen LogP contribution is 2.22. The Hall–Kier alpha value is -3.20. The Morgan fingerprint density at radius 2 is 2.19 bits per heavy atom. The van der Waals surface area contributed by atoms with Crippen molar-refractivity contribution in [3.8, 4) is 5.75 Å². The third-order valence-electron chi connectivity index (χ3n) is 3.62. The van der Waals surface area contributed by atoms with Gasteiger partial charge in [-0.2, -0.15) is 10.1 Å². The normalized spacial score (nSPS) is 10.6. The van der Waals surface area contributed by atoms with E-state index in [4.69, 9.17) is 9.84 Å². The molecule has 0 saturated carbocycles. The Balaban J connectivity index is 1.67. The molecular formula is C17H19FN6O2. The molecule has 8 nitrogen and oxygen atoms in total. The van der Waals surface area contributed by atoms with Crippen LogP contribution in [0.3, 0.4) is 0 Å². The van der Waals surface area contributed by atoms with E-state index in [0.29, 0.717) is 35.3 Å². The molecule has 0 fully saturated rings. The second kappa shape index (κ2) is 8.26. The van der Waals surface area contributed by atoms with Gasteiger partial charge in [0, 0.05) is 24.5 Å². The van der Waals surface area contributed by atoms with Gasteiger partial charge >= 0.3 is 0 Å². The number of ether oxygens (including phenoxy) is 1. The molecule has 136 valence electrons. The van der Waals surface area contributed by atoms with Crippen LogP contribution in [-0.4, -0.2) is 38.6 Å². The summed E-state index contributed by atoms with van der Waals surface area (Å²) in [6, 6.07) is 6.38. The van der Waals surface area contributed by atoms with Crippen LogP contribution in [0.15, 0.2) is 42.9 Å². The number of nitrogens with zero attached hydrogens (tertiary/aromatic N) is 4. The van der Waals surface area contributed by atoms with Crippen LogP contribution in [-0.2, 0) is 13.1 Å². The summed E-state index contributed by atoms with van der Waals surface area (Å²) in [5.74, 6) is 1.04. The van der Waals surface area contributed by atoms with Crippen molar-refractivity contribution >= 4 is 17.5 Å². The zero-order chi connectivity index (χ0) is 18.4. The van der Waals surface area contributed by atoms with Gasteiger partial charge in [-0.25, -0.2) is 9.37 Å². The lowest BCUT2D eigenvalue weighted by atomic mass is 10.2. The summed E-state index contributed by atoms with van der Waals surface area (Å²) in [5, 5.41) is 19.1. The van der Waals surface area contributed by atoms with Gasteiger partial charge in [0.15, 0.2) is 0 Å². The van der Waals surface area contributed by atoms with Crippen LogP contribution in [0.2, 0.25) is 0 Å². The van der Waals surface area contributed by atoms with Gasteiger partial charge in [-0.1, -0.05) is 6.07 Å². The Morgan fingerprint density at radius 1 is 1.31 bits per heavy atom. The van der Waals surface area contributed by atoms with Crippen molar-refractivity contribution in [3.63, 3.8) is 0 Å². The van der Waals surface area contributed by atoms with E-state index in [1.165, 1.54) is 13.2 Å². The number of methoxy groups -OCH3 is 1. The first-order valence-electron chi connectivity index (χ1n) is 7.98. The van der Waals surface area contributed by atoms with Crippen molar-refractivity contribution in [1.29, 1.82) is 0 Å². The minimum absolute atomic E-state index is 0.0104. The lowest BCUT2D eigenvalue weighted by molar-refractivity contribution is 0.269.